The Bertz CT molecular complexity index is 1240. The summed E-state index contributed by atoms with van der Waals surface area (Å²) in [5.41, 5.74) is 1.44. The number of fused-ring (bicyclic) bond motifs is 2. The molecule has 2 heterocycles. The molecule has 1 spiro atoms. The highest BCUT2D eigenvalue weighted by Gasteiger charge is 2.56. The van der Waals surface area contributed by atoms with E-state index in [9.17, 15) is 19.6 Å². The van der Waals surface area contributed by atoms with Gasteiger partial charge in [-0.15, -0.1) is 0 Å². The molecular weight excluding hydrogens is 480 g/mol. The molecule has 198 valence electrons. The zero-order chi connectivity index (χ0) is 26.7. The Morgan fingerprint density at radius 2 is 1.84 bits per heavy atom. The number of carbonyl (C=O) groups is 3. The number of hydrogen-bond donors (Lipinski definition) is 1. The van der Waals surface area contributed by atoms with Gasteiger partial charge >= 0.3 is 6.09 Å². The van der Waals surface area contributed by atoms with Crippen molar-refractivity contribution < 1.29 is 19.1 Å². The Morgan fingerprint density at radius 3 is 2.58 bits per heavy atom. The third-order valence-electron chi connectivity index (χ3n) is 8.44. The molecule has 1 aliphatic carbocycles. The molecule has 5 rings (SSSR count). The number of anilines is 1. The standard InChI is InChI=1S/C30H34N4O4/c1-33(29(37)38-19-22-12-6-3-7-13-22)26(16-21-10-4-2-5-11-21)27(35)34-20-30(17-23(34)18-31)24-14-8-9-15-25(24)32-28(30)36/h3,6-9,12-15,21,23,26H,2,4-5,10-11,16-17,19-20H2,1H3,(H,32,36)/t23-,26-,30-/m0/s1. The van der Waals surface area contributed by atoms with Crippen LogP contribution in [0.4, 0.5) is 10.5 Å². The van der Waals surface area contributed by atoms with Crippen molar-refractivity contribution in [1.82, 2.24) is 9.80 Å². The average molecular weight is 515 g/mol. The number of rotatable bonds is 6. The molecule has 3 atom stereocenters. The van der Waals surface area contributed by atoms with Crippen LogP contribution in [0, 0.1) is 17.2 Å². The summed E-state index contributed by atoms with van der Waals surface area (Å²) in [7, 11) is 1.60. The van der Waals surface area contributed by atoms with Crippen molar-refractivity contribution in [3.63, 3.8) is 0 Å². The van der Waals surface area contributed by atoms with Gasteiger partial charge in [0.15, 0.2) is 0 Å². The molecule has 2 aromatic carbocycles. The van der Waals surface area contributed by atoms with Gasteiger partial charge in [-0.2, -0.15) is 5.26 Å². The molecule has 0 unspecified atom stereocenters. The number of likely N-dealkylation sites (tertiary alicyclic amines) is 1. The van der Waals surface area contributed by atoms with Crippen LogP contribution in [0.25, 0.3) is 0 Å². The third-order valence-corrected chi connectivity index (χ3v) is 8.44. The fourth-order valence-electron chi connectivity index (χ4n) is 6.29. The summed E-state index contributed by atoms with van der Waals surface area (Å²) in [6, 6.07) is 17.6. The van der Waals surface area contributed by atoms with Crippen molar-refractivity contribution in [3.8, 4) is 6.07 Å². The van der Waals surface area contributed by atoms with Gasteiger partial charge in [-0.05, 0) is 29.5 Å². The van der Waals surface area contributed by atoms with Gasteiger partial charge in [-0.3, -0.25) is 14.5 Å². The molecule has 3 aliphatic rings. The third kappa shape index (κ3) is 4.85. The average Bonchev–Trinajstić information content (AvgIpc) is 3.48. The van der Waals surface area contributed by atoms with Crippen molar-refractivity contribution in [2.24, 2.45) is 5.92 Å². The van der Waals surface area contributed by atoms with Crippen LogP contribution in [0.5, 0.6) is 0 Å². The van der Waals surface area contributed by atoms with Gasteiger partial charge in [0.2, 0.25) is 11.8 Å². The maximum absolute atomic E-state index is 14.2. The first-order valence-electron chi connectivity index (χ1n) is 13.5. The molecule has 1 N–H and O–H groups in total. The summed E-state index contributed by atoms with van der Waals surface area (Å²) >= 11 is 0. The maximum atomic E-state index is 14.2. The summed E-state index contributed by atoms with van der Waals surface area (Å²) in [5, 5.41) is 13.0. The summed E-state index contributed by atoms with van der Waals surface area (Å²) in [6.07, 6.45) is 5.60. The van der Waals surface area contributed by atoms with Crippen LogP contribution in [0.3, 0.4) is 0 Å². The molecule has 0 aromatic heterocycles. The molecule has 8 nitrogen and oxygen atoms in total. The molecule has 1 saturated carbocycles. The van der Waals surface area contributed by atoms with E-state index in [0.717, 1.165) is 42.5 Å². The Balaban J connectivity index is 1.38. The predicted molar refractivity (Wildman–Crippen MR) is 142 cm³/mol. The lowest BCUT2D eigenvalue weighted by atomic mass is 9.80. The molecule has 8 heteroatoms. The van der Waals surface area contributed by atoms with Gasteiger partial charge in [0.1, 0.15) is 18.7 Å². The van der Waals surface area contributed by atoms with Gasteiger partial charge < -0.3 is 15.0 Å². The molecule has 0 bridgehead atoms. The zero-order valence-electron chi connectivity index (χ0n) is 21.8. The molecular formula is C30H34N4O4. The van der Waals surface area contributed by atoms with Crippen LogP contribution in [0.15, 0.2) is 54.6 Å². The highest BCUT2D eigenvalue weighted by molar-refractivity contribution is 6.07. The second-order valence-electron chi connectivity index (χ2n) is 10.8. The van der Waals surface area contributed by atoms with Crippen LogP contribution in [-0.4, -0.2) is 53.4 Å². The first-order chi connectivity index (χ1) is 18.4. The SMILES string of the molecule is CN(C(=O)OCc1ccccc1)[C@@H](CC1CCCCC1)C(=O)N1C[C@]2(C[C@H]1C#N)C(=O)Nc1ccccc12. The Labute approximate surface area is 223 Å². The largest absolute Gasteiger partial charge is 0.445 e. The molecule has 2 aromatic rings. The normalized spacial score (nSPS) is 23.4. The Kier molecular flexibility index (Phi) is 7.37. The van der Waals surface area contributed by atoms with E-state index in [2.05, 4.69) is 11.4 Å². The number of nitriles is 1. The number of benzene rings is 2. The van der Waals surface area contributed by atoms with E-state index >= 15 is 0 Å². The van der Waals surface area contributed by atoms with Crippen molar-refractivity contribution in [2.45, 2.75) is 69.1 Å². The fourth-order valence-corrected chi connectivity index (χ4v) is 6.29. The first kappa shape index (κ1) is 25.8. The number of amides is 3. The summed E-state index contributed by atoms with van der Waals surface area (Å²) in [4.78, 5) is 43.4. The van der Waals surface area contributed by atoms with E-state index in [1.165, 1.54) is 16.2 Å². The Morgan fingerprint density at radius 1 is 1.13 bits per heavy atom. The molecule has 2 aliphatic heterocycles. The number of nitrogens with one attached hydrogen (secondary N) is 1. The smallest absolute Gasteiger partial charge is 0.410 e. The Hall–Kier alpha value is -3.86. The second kappa shape index (κ2) is 10.9. The van der Waals surface area contributed by atoms with Gasteiger partial charge in [-0.25, -0.2) is 4.79 Å². The molecule has 0 radical (unpaired) electrons. The quantitative estimate of drug-likeness (QED) is 0.607. The van der Waals surface area contributed by atoms with Gasteiger partial charge in [0.25, 0.3) is 0 Å². The lowest BCUT2D eigenvalue weighted by Crippen LogP contribution is -2.52. The lowest BCUT2D eigenvalue weighted by Gasteiger charge is -2.34. The molecule has 38 heavy (non-hydrogen) atoms. The van der Waals surface area contributed by atoms with Crippen molar-refractivity contribution >= 4 is 23.6 Å². The summed E-state index contributed by atoms with van der Waals surface area (Å²) < 4.78 is 5.57. The number of likely N-dealkylation sites (N-methyl/N-ethyl adjacent to an activating group) is 1. The number of nitrogens with zero attached hydrogens (tertiary/aromatic N) is 3. The number of hydrogen-bond acceptors (Lipinski definition) is 5. The lowest BCUT2D eigenvalue weighted by molar-refractivity contribution is -0.137. The van der Waals surface area contributed by atoms with Crippen molar-refractivity contribution in [2.75, 3.05) is 18.9 Å². The first-order valence-corrected chi connectivity index (χ1v) is 13.5. The van der Waals surface area contributed by atoms with Gasteiger partial charge in [-0.1, -0.05) is 80.6 Å². The van der Waals surface area contributed by atoms with Crippen LogP contribution in [-0.2, 0) is 26.3 Å². The van der Waals surface area contributed by atoms with Crippen LogP contribution in [0.2, 0.25) is 0 Å². The van der Waals surface area contributed by atoms with Crippen LogP contribution >= 0.6 is 0 Å². The number of para-hydroxylation sites is 1. The topological polar surface area (TPSA) is 103 Å². The molecule has 3 amide bonds. The second-order valence-corrected chi connectivity index (χ2v) is 10.8. The van der Waals surface area contributed by atoms with E-state index < -0.39 is 23.6 Å². The fraction of sp³-hybridized carbons (Fsp3) is 0.467. The van der Waals surface area contributed by atoms with Gasteiger partial charge in [0, 0.05) is 25.7 Å². The highest BCUT2D eigenvalue weighted by atomic mass is 16.6. The van der Waals surface area contributed by atoms with Gasteiger partial charge in [0.05, 0.1) is 11.5 Å². The van der Waals surface area contributed by atoms with E-state index in [1.807, 2.05) is 54.6 Å². The zero-order valence-corrected chi connectivity index (χ0v) is 21.8. The monoisotopic (exact) mass is 514 g/mol. The van der Waals surface area contributed by atoms with E-state index in [1.54, 1.807) is 7.05 Å². The minimum atomic E-state index is -0.964. The summed E-state index contributed by atoms with van der Waals surface area (Å²) in [6.45, 7) is 0.222. The maximum Gasteiger partial charge on any atom is 0.410 e. The van der Waals surface area contributed by atoms with E-state index in [-0.39, 0.29) is 31.4 Å². The van der Waals surface area contributed by atoms with Crippen molar-refractivity contribution in [1.29, 1.82) is 5.26 Å². The van der Waals surface area contributed by atoms with E-state index in [4.69, 9.17) is 4.74 Å². The minimum Gasteiger partial charge on any atom is -0.445 e. The van der Waals surface area contributed by atoms with Crippen molar-refractivity contribution in [3.05, 3.63) is 65.7 Å². The molecule has 2 fully saturated rings. The van der Waals surface area contributed by atoms with Crippen LogP contribution in [0.1, 0.15) is 56.1 Å². The molecule has 1 saturated heterocycles. The number of carbonyl (C=O) groups excluding carboxylic acids is 3. The number of ether oxygens (including phenoxy) is 1. The predicted octanol–water partition coefficient (Wildman–Crippen LogP) is 4.61. The van der Waals surface area contributed by atoms with Crippen LogP contribution < -0.4 is 5.32 Å². The summed E-state index contributed by atoms with van der Waals surface area (Å²) in [5.74, 6) is -0.168. The minimum absolute atomic E-state index is 0.110. The highest BCUT2D eigenvalue weighted by Crippen LogP contribution is 2.46. The van der Waals surface area contributed by atoms with E-state index in [0.29, 0.717) is 12.3 Å².